The fourth-order valence-corrected chi connectivity index (χ4v) is 2.99. The third-order valence-corrected chi connectivity index (χ3v) is 4.38. The maximum Gasteiger partial charge on any atom is 0.220 e. The van der Waals surface area contributed by atoms with E-state index in [0.29, 0.717) is 18.3 Å². The van der Waals surface area contributed by atoms with Gasteiger partial charge >= 0.3 is 0 Å². The van der Waals surface area contributed by atoms with Crippen molar-refractivity contribution in [2.75, 3.05) is 39.3 Å². The summed E-state index contributed by atoms with van der Waals surface area (Å²) < 4.78 is 0. The Balaban J connectivity index is 0. The summed E-state index contributed by atoms with van der Waals surface area (Å²) in [6.07, 6.45) is 4.36. The van der Waals surface area contributed by atoms with Gasteiger partial charge < -0.3 is 15.5 Å². The molecule has 0 aromatic rings. The van der Waals surface area contributed by atoms with Gasteiger partial charge in [-0.2, -0.15) is 0 Å². The molecule has 0 aromatic carbocycles. The van der Waals surface area contributed by atoms with Gasteiger partial charge in [0.2, 0.25) is 5.91 Å². The Morgan fingerprint density at radius 1 is 1.32 bits per heavy atom. The molecule has 2 atom stereocenters. The number of hydrogen-bond donors (Lipinski definition) is 2. The zero-order valence-corrected chi connectivity index (χ0v) is 16.0. The lowest BCUT2D eigenvalue weighted by atomic mass is 9.85. The van der Waals surface area contributed by atoms with Crippen LogP contribution >= 0.6 is 24.8 Å². The molecule has 134 valence electrons. The molecule has 22 heavy (non-hydrogen) atoms. The van der Waals surface area contributed by atoms with Crippen molar-refractivity contribution in [3.63, 3.8) is 0 Å². The number of carbonyl (C=O) groups is 1. The molecule has 6 heteroatoms. The number of amides is 1. The van der Waals surface area contributed by atoms with E-state index in [1.807, 2.05) is 0 Å². The van der Waals surface area contributed by atoms with E-state index >= 15 is 0 Å². The van der Waals surface area contributed by atoms with Gasteiger partial charge in [0, 0.05) is 19.5 Å². The minimum absolute atomic E-state index is 0. The Morgan fingerprint density at radius 3 is 2.59 bits per heavy atom. The van der Waals surface area contributed by atoms with Crippen LogP contribution in [0.5, 0.6) is 0 Å². The van der Waals surface area contributed by atoms with Gasteiger partial charge in [-0.1, -0.05) is 20.8 Å². The van der Waals surface area contributed by atoms with Gasteiger partial charge in [-0.05, 0) is 57.3 Å². The molecule has 1 aliphatic rings. The predicted molar refractivity (Wildman–Crippen MR) is 99.3 cm³/mol. The van der Waals surface area contributed by atoms with Crippen LogP contribution in [-0.2, 0) is 4.79 Å². The van der Waals surface area contributed by atoms with Crippen molar-refractivity contribution in [3.8, 4) is 0 Å². The highest BCUT2D eigenvalue weighted by Gasteiger charge is 2.21. The Bertz CT molecular complexity index is 274. The molecule has 1 saturated heterocycles. The molecule has 0 spiro atoms. The van der Waals surface area contributed by atoms with Crippen LogP contribution in [0.4, 0.5) is 0 Å². The van der Waals surface area contributed by atoms with Gasteiger partial charge in [-0.3, -0.25) is 4.79 Å². The normalized spacial score (nSPS) is 19.0. The number of carbonyl (C=O) groups excluding carboxylic acids is 1. The molecule has 0 aromatic heterocycles. The van der Waals surface area contributed by atoms with Gasteiger partial charge in [0.15, 0.2) is 0 Å². The second-order valence-electron chi connectivity index (χ2n) is 6.07. The van der Waals surface area contributed by atoms with Crippen LogP contribution in [0.1, 0.15) is 46.5 Å². The van der Waals surface area contributed by atoms with Gasteiger partial charge in [0.1, 0.15) is 0 Å². The average Bonchev–Trinajstić information content (AvgIpc) is 2.47. The third-order valence-electron chi connectivity index (χ3n) is 4.38. The van der Waals surface area contributed by atoms with Crippen LogP contribution in [0.2, 0.25) is 0 Å². The number of piperidine rings is 1. The topological polar surface area (TPSA) is 44.4 Å². The Hall–Kier alpha value is -0.0300. The average molecular weight is 356 g/mol. The molecule has 1 amide bonds. The van der Waals surface area contributed by atoms with Gasteiger partial charge in [-0.15, -0.1) is 24.8 Å². The largest absolute Gasteiger partial charge is 0.355 e. The van der Waals surface area contributed by atoms with E-state index in [1.54, 1.807) is 0 Å². The number of halogens is 2. The molecule has 1 aliphatic heterocycles. The lowest BCUT2D eigenvalue weighted by molar-refractivity contribution is -0.122. The summed E-state index contributed by atoms with van der Waals surface area (Å²) >= 11 is 0. The van der Waals surface area contributed by atoms with Crippen LogP contribution in [0.15, 0.2) is 0 Å². The summed E-state index contributed by atoms with van der Waals surface area (Å²) in [4.78, 5) is 14.4. The number of hydrogen-bond acceptors (Lipinski definition) is 3. The first-order valence-electron chi connectivity index (χ1n) is 8.37. The summed E-state index contributed by atoms with van der Waals surface area (Å²) in [6.45, 7) is 12.7. The van der Waals surface area contributed by atoms with Crippen molar-refractivity contribution in [2.24, 2.45) is 11.8 Å². The first-order chi connectivity index (χ1) is 9.67. The molecular formula is C16H35Cl2N3O. The highest BCUT2D eigenvalue weighted by atomic mass is 35.5. The van der Waals surface area contributed by atoms with Crippen molar-refractivity contribution in [1.29, 1.82) is 0 Å². The van der Waals surface area contributed by atoms with Crippen LogP contribution in [0.3, 0.4) is 0 Å². The van der Waals surface area contributed by atoms with E-state index in [-0.39, 0.29) is 30.7 Å². The third kappa shape index (κ3) is 9.88. The molecule has 0 aliphatic carbocycles. The molecule has 0 bridgehead atoms. The molecule has 1 rings (SSSR count). The second-order valence-corrected chi connectivity index (χ2v) is 6.07. The fourth-order valence-electron chi connectivity index (χ4n) is 2.99. The predicted octanol–water partition coefficient (Wildman–Crippen LogP) is 2.70. The summed E-state index contributed by atoms with van der Waals surface area (Å²) in [5, 5.41) is 6.51. The fraction of sp³-hybridized carbons (Fsp3) is 0.938. The Kier molecular flexibility index (Phi) is 16.0. The van der Waals surface area contributed by atoms with E-state index in [0.717, 1.165) is 39.3 Å². The molecule has 4 nitrogen and oxygen atoms in total. The SMILES string of the molecule is CCCN(CC)CCNC(=O)CC(C)C1CCCNC1.Cl.Cl. The van der Waals surface area contributed by atoms with Crippen molar-refractivity contribution >= 4 is 30.7 Å². The minimum Gasteiger partial charge on any atom is -0.355 e. The summed E-state index contributed by atoms with van der Waals surface area (Å²) in [5.41, 5.74) is 0. The number of nitrogens with one attached hydrogen (secondary N) is 2. The van der Waals surface area contributed by atoms with E-state index in [2.05, 4.69) is 36.3 Å². The first-order valence-corrected chi connectivity index (χ1v) is 8.37. The van der Waals surface area contributed by atoms with E-state index in [1.165, 1.54) is 19.3 Å². The van der Waals surface area contributed by atoms with Crippen LogP contribution in [-0.4, -0.2) is 50.1 Å². The van der Waals surface area contributed by atoms with Crippen molar-refractivity contribution in [1.82, 2.24) is 15.5 Å². The number of rotatable bonds is 9. The van der Waals surface area contributed by atoms with Crippen molar-refractivity contribution in [2.45, 2.75) is 46.5 Å². The molecule has 0 saturated carbocycles. The molecule has 2 N–H and O–H groups in total. The van der Waals surface area contributed by atoms with Crippen molar-refractivity contribution in [3.05, 3.63) is 0 Å². The monoisotopic (exact) mass is 355 g/mol. The second kappa shape index (κ2) is 14.6. The lowest BCUT2D eigenvalue weighted by Crippen LogP contribution is -2.38. The zero-order valence-electron chi connectivity index (χ0n) is 14.4. The minimum atomic E-state index is 0. The molecule has 2 unspecified atom stereocenters. The van der Waals surface area contributed by atoms with Gasteiger partial charge in [-0.25, -0.2) is 0 Å². The van der Waals surface area contributed by atoms with Crippen LogP contribution in [0.25, 0.3) is 0 Å². The quantitative estimate of drug-likeness (QED) is 0.668. The standard InChI is InChI=1S/C16H33N3O.2ClH/c1-4-10-19(5-2)11-9-18-16(20)12-14(3)15-7-6-8-17-13-15;;/h14-15,17H,4-13H2,1-3H3,(H,18,20);2*1H. The van der Waals surface area contributed by atoms with Crippen LogP contribution in [0, 0.1) is 11.8 Å². The molecule has 1 heterocycles. The number of nitrogens with zero attached hydrogens (tertiary/aromatic N) is 1. The number of likely N-dealkylation sites (N-methyl/N-ethyl adjacent to an activating group) is 1. The van der Waals surface area contributed by atoms with E-state index < -0.39 is 0 Å². The lowest BCUT2D eigenvalue weighted by Gasteiger charge is -2.28. The molecule has 1 fully saturated rings. The Morgan fingerprint density at radius 2 is 2.05 bits per heavy atom. The maximum absolute atomic E-state index is 12.0. The van der Waals surface area contributed by atoms with Crippen LogP contribution < -0.4 is 10.6 Å². The molecular weight excluding hydrogens is 321 g/mol. The summed E-state index contributed by atoms with van der Waals surface area (Å²) in [7, 11) is 0. The van der Waals surface area contributed by atoms with Crippen molar-refractivity contribution < 1.29 is 4.79 Å². The highest BCUT2D eigenvalue weighted by molar-refractivity contribution is 5.85. The molecule has 0 radical (unpaired) electrons. The maximum atomic E-state index is 12.0. The van der Waals surface area contributed by atoms with E-state index in [4.69, 9.17) is 0 Å². The summed E-state index contributed by atoms with van der Waals surface area (Å²) in [6, 6.07) is 0. The smallest absolute Gasteiger partial charge is 0.220 e. The van der Waals surface area contributed by atoms with E-state index in [9.17, 15) is 4.79 Å². The van der Waals surface area contributed by atoms with Gasteiger partial charge in [0.05, 0.1) is 0 Å². The first kappa shape index (κ1) is 24.2. The van der Waals surface area contributed by atoms with Gasteiger partial charge in [0.25, 0.3) is 0 Å². The highest BCUT2D eigenvalue weighted by Crippen LogP contribution is 2.22. The zero-order chi connectivity index (χ0) is 14.8. The summed E-state index contributed by atoms with van der Waals surface area (Å²) in [5.74, 6) is 1.37. The Labute approximate surface area is 149 Å².